The Balaban J connectivity index is 1.40. The Labute approximate surface area is 142 Å². The minimum Gasteiger partial charge on any atom is -0.369 e. The lowest BCUT2D eigenvalue weighted by atomic mass is 10.1. The molecule has 24 heavy (non-hydrogen) atoms. The topological polar surface area (TPSA) is 55.9 Å². The van der Waals surface area contributed by atoms with E-state index in [0.29, 0.717) is 19.5 Å². The van der Waals surface area contributed by atoms with E-state index < -0.39 is 0 Å². The monoisotopic (exact) mass is 328 g/mol. The van der Waals surface area contributed by atoms with Crippen molar-refractivity contribution in [2.75, 3.05) is 51.2 Å². The van der Waals surface area contributed by atoms with Crippen LogP contribution in [-0.4, -0.2) is 74.0 Å². The van der Waals surface area contributed by atoms with Gasteiger partial charge in [-0.3, -0.25) is 9.59 Å². The van der Waals surface area contributed by atoms with Gasteiger partial charge < -0.3 is 20.0 Å². The van der Waals surface area contributed by atoms with Crippen LogP contribution in [-0.2, 0) is 4.79 Å². The van der Waals surface area contributed by atoms with Crippen LogP contribution >= 0.6 is 0 Å². The summed E-state index contributed by atoms with van der Waals surface area (Å²) in [5.74, 6) is 0.475. The molecule has 2 amide bonds. The number of carbonyl (C=O) groups is 2. The van der Waals surface area contributed by atoms with Gasteiger partial charge in [0.2, 0.25) is 5.91 Å². The van der Waals surface area contributed by atoms with Crippen LogP contribution in [0.4, 0.5) is 5.69 Å². The second-order valence-electron chi connectivity index (χ2n) is 7.19. The van der Waals surface area contributed by atoms with Gasteiger partial charge in [0, 0.05) is 62.9 Å². The summed E-state index contributed by atoms with van der Waals surface area (Å²) in [5, 5.41) is 2.96. The van der Waals surface area contributed by atoms with E-state index in [9.17, 15) is 9.59 Å². The molecule has 0 unspecified atom stereocenters. The summed E-state index contributed by atoms with van der Waals surface area (Å²) >= 11 is 0. The molecule has 6 nitrogen and oxygen atoms in total. The maximum atomic E-state index is 12.7. The van der Waals surface area contributed by atoms with E-state index in [0.717, 1.165) is 31.7 Å². The van der Waals surface area contributed by atoms with Crippen LogP contribution in [0.25, 0.3) is 0 Å². The van der Waals surface area contributed by atoms with Gasteiger partial charge in [-0.1, -0.05) is 0 Å². The van der Waals surface area contributed by atoms with Crippen LogP contribution < -0.4 is 10.2 Å². The number of likely N-dealkylation sites (N-methyl/N-ethyl adjacent to an activating group) is 1. The zero-order valence-electron chi connectivity index (χ0n) is 14.1. The Morgan fingerprint density at radius 2 is 1.79 bits per heavy atom. The molecule has 0 radical (unpaired) electrons. The number of amides is 2. The molecule has 1 aromatic carbocycles. The maximum absolute atomic E-state index is 12.7. The van der Waals surface area contributed by atoms with Crippen molar-refractivity contribution in [1.29, 1.82) is 0 Å². The number of nitrogens with one attached hydrogen (secondary N) is 1. The first-order chi connectivity index (χ1) is 11.6. The highest BCUT2D eigenvalue weighted by Gasteiger charge is 2.41. The molecule has 128 valence electrons. The van der Waals surface area contributed by atoms with Gasteiger partial charge in [-0.25, -0.2) is 0 Å². The Morgan fingerprint density at radius 3 is 2.46 bits per heavy atom. The Morgan fingerprint density at radius 1 is 1.08 bits per heavy atom. The van der Waals surface area contributed by atoms with Gasteiger partial charge in [-0.05, 0) is 31.3 Å². The summed E-state index contributed by atoms with van der Waals surface area (Å²) < 4.78 is 0. The van der Waals surface area contributed by atoms with Gasteiger partial charge >= 0.3 is 0 Å². The lowest BCUT2D eigenvalue weighted by Gasteiger charge is -2.34. The van der Waals surface area contributed by atoms with Gasteiger partial charge in [0.05, 0.1) is 6.04 Å². The standard InChI is InChI=1S/C18H24N4O2/c1-20-6-8-21(9-7-20)15-4-2-13(3-5-15)18(24)22-11-14-10-17(23)19-16(14)12-22/h2-5,14,16H,6-12H2,1H3,(H,19,23)/t14-,16+/m0/s1. The summed E-state index contributed by atoms with van der Waals surface area (Å²) in [6.07, 6.45) is 0.552. The van der Waals surface area contributed by atoms with Gasteiger partial charge in [-0.2, -0.15) is 0 Å². The molecule has 1 aromatic rings. The summed E-state index contributed by atoms with van der Waals surface area (Å²) in [6.45, 7) is 5.52. The molecule has 3 aliphatic rings. The van der Waals surface area contributed by atoms with Crippen LogP contribution in [0.5, 0.6) is 0 Å². The summed E-state index contributed by atoms with van der Waals surface area (Å²) in [5.41, 5.74) is 1.92. The first-order valence-electron chi connectivity index (χ1n) is 8.72. The fourth-order valence-electron chi connectivity index (χ4n) is 3.97. The number of nitrogens with zero attached hydrogens (tertiary/aromatic N) is 3. The molecule has 3 aliphatic heterocycles. The lowest BCUT2D eigenvalue weighted by Crippen LogP contribution is -2.44. The number of piperazine rings is 1. The van der Waals surface area contributed by atoms with Crippen LogP contribution in [0.3, 0.4) is 0 Å². The Kier molecular flexibility index (Phi) is 3.92. The quantitative estimate of drug-likeness (QED) is 0.854. The van der Waals surface area contributed by atoms with Crippen LogP contribution in [0.1, 0.15) is 16.8 Å². The smallest absolute Gasteiger partial charge is 0.253 e. The summed E-state index contributed by atoms with van der Waals surface area (Å²) in [4.78, 5) is 30.6. The lowest BCUT2D eigenvalue weighted by molar-refractivity contribution is -0.119. The van der Waals surface area contributed by atoms with Gasteiger partial charge in [0.15, 0.2) is 0 Å². The highest BCUT2D eigenvalue weighted by atomic mass is 16.2. The largest absolute Gasteiger partial charge is 0.369 e. The molecule has 6 heteroatoms. The second-order valence-corrected chi connectivity index (χ2v) is 7.19. The fraction of sp³-hybridized carbons (Fsp3) is 0.556. The van der Waals surface area contributed by atoms with E-state index in [2.05, 4.69) is 34.3 Å². The van der Waals surface area contributed by atoms with Crippen LogP contribution in [0, 0.1) is 5.92 Å². The number of fused-ring (bicyclic) bond motifs is 1. The average molecular weight is 328 g/mol. The predicted octanol–water partition coefficient (Wildman–Crippen LogP) is 0.399. The van der Waals surface area contributed by atoms with Crippen molar-refractivity contribution in [2.24, 2.45) is 5.92 Å². The number of benzene rings is 1. The van der Waals surface area contributed by atoms with E-state index >= 15 is 0 Å². The number of hydrogen-bond donors (Lipinski definition) is 1. The first-order valence-corrected chi connectivity index (χ1v) is 8.72. The number of hydrogen-bond acceptors (Lipinski definition) is 4. The van der Waals surface area contributed by atoms with E-state index in [1.165, 1.54) is 5.69 Å². The van der Waals surface area contributed by atoms with Crippen LogP contribution in [0.15, 0.2) is 24.3 Å². The second kappa shape index (κ2) is 6.09. The zero-order valence-corrected chi connectivity index (χ0v) is 14.1. The zero-order chi connectivity index (χ0) is 16.7. The molecular weight excluding hydrogens is 304 g/mol. The molecule has 2 atom stereocenters. The van der Waals surface area contributed by atoms with E-state index in [1.807, 2.05) is 17.0 Å². The van der Waals surface area contributed by atoms with Crippen molar-refractivity contribution < 1.29 is 9.59 Å². The molecule has 3 heterocycles. The normalized spacial score (nSPS) is 27.3. The van der Waals surface area contributed by atoms with Crippen molar-refractivity contribution in [3.8, 4) is 0 Å². The molecule has 4 rings (SSSR count). The minimum absolute atomic E-state index is 0.0728. The molecule has 0 bridgehead atoms. The number of anilines is 1. The average Bonchev–Trinajstić information content (AvgIpc) is 3.12. The van der Waals surface area contributed by atoms with E-state index in [-0.39, 0.29) is 23.8 Å². The third-order valence-electron chi connectivity index (χ3n) is 5.50. The maximum Gasteiger partial charge on any atom is 0.253 e. The Hall–Kier alpha value is -2.08. The molecule has 0 saturated carbocycles. The van der Waals surface area contributed by atoms with Crippen molar-refractivity contribution in [3.05, 3.63) is 29.8 Å². The van der Waals surface area contributed by atoms with Crippen molar-refractivity contribution in [2.45, 2.75) is 12.5 Å². The van der Waals surface area contributed by atoms with E-state index in [1.54, 1.807) is 0 Å². The van der Waals surface area contributed by atoms with Crippen LogP contribution in [0.2, 0.25) is 0 Å². The van der Waals surface area contributed by atoms with Gasteiger partial charge in [0.1, 0.15) is 0 Å². The molecule has 1 N–H and O–H groups in total. The van der Waals surface area contributed by atoms with Crippen molar-refractivity contribution >= 4 is 17.5 Å². The van der Waals surface area contributed by atoms with Gasteiger partial charge in [-0.15, -0.1) is 0 Å². The molecule has 3 fully saturated rings. The number of likely N-dealkylation sites (tertiary alicyclic amines) is 1. The van der Waals surface area contributed by atoms with Crippen molar-refractivity contribution in [1.82, 2.24) is 15.1 Å². The minimum atomic E-state index is 0.0728. The Bertz CT molecular complexity index is 621. The van der Waals surface area contributed by atoms with E-state index in [4.69, 9.17) is 0 Å². The van der Waals surface area contributed by atoms with Crippen molar-refractivity contribution in [3.63, 3.8) is 0 Å². The number of carbonyl (C=O) groups excluding carboxylic acids is 2. The third-order valence-corrected chi connectivity index (χ3v) is 5.50. The SMILES string of the molecule is CN1CCN(c2ccc(C(=O)N3C[C@@H]4CC(=O)N[C@@H]4C3)cc2)CC1. The molecule has 3 saturated heterocycles. The third kappa shape index (κ3) is 2.86. The number of rotatable bonds is 2. The predicted molar refractivity (Wildman–Crippen MR) is 92.1 cm³/mol. The summed E-state index contributed by atoms with van der Waals surface area (Å²) in [7, 11) is 2.15. The highest BCUT2D eigenvalue weighted by molar-refractivity contribution is 5.95. The molecular formula is C18H24N4O2. The van der Waals surface area contributed by atoms with Gasteiger partial charge in [0.25, 0.3) is 5.91 Å². The highest BCUT2D eigenvalue weighted by Crippen LogP contribution is 2.27. The molecule has 0 aliphatic carbocycles. The molecule has 0 spiro atoms. The fourth-order valence-corrected chi connectivity index (χ4v) is 3.97. The molecule has 0 aromatic heterocycles. The summed E-state index contributed by atoms with van der Waals surface area (Å²) in [6, 6.07) is 8.12. The first kappa shape index (κ1) is 15.4.